The van der Waals surface area contributed by atoms with Crippen molar-refractivity contribution < 1.29 is 41.7 Å². The van der Waals surface area contributed by atoms with Gasteiger partial charge in [-0.25, -0.2) is 9.59 Å². The molecule has 0 spiro atoms. The van der Waals surface area contributed by atoms with Crippen molar-refractivity contribution in [2.45, 2.75) is 18.9 Å². The lowest BCUT2D eigenvalue weighted by molar-refractivity contribution is -0.279. The molecule has 2 saturated heterocycles. The maximum absolute atomic E-state index is 12.3. The van der Waals surface area contributed by atoms with E-state index in [-0.39, 0.29) is 0 Å². The van der Waals surface area contributed by atoms with E-state index in [0.717, 1.165) is 0 Å². The minimum absolute atomic E-state index is 0.415. The molecular formula is C7H7F3O6. The van der Waals surface area contributed by atoms with Gasteiger partial charge in [-0.05, 0) is 0 Å². The lowest BCUT2D eigenvalue weighted by Crippen LogP contribution is -2.37. The van der Waals surface area contributed by atoms with Gasteiger partial charge in [0.2, 0.25) is 0 Å². The Bertz CT molecular complexity index is 276. The number of rotatable bonds is 0. The molecule has 0 amide bonds. The third kappa shape index (κ3) is 2.67. The molecule has 0 N–H and O–H groups in total. The van der Waals surface area contributed by atoms with Gasteiger partial charge >= 0.3 is 24.3 Å². The van der Waals surface area contributed by atoms with E-state index in [1.807, 2.05) is 0 Å². The first kappa shape index (κ1) is 12.4. The number of carbonyl (C=O) groups is 2. The van der Waals surface area contributed by atoms with Gasteiger partial charge in [-0.1, -0.05) is 0 Å². The summed E-state index contributed by atoms with van der Waals surface area (Å²) in [5.41, 5.74) is 0. The van der Waals surface area contributed by atoms with Crippen molar-refractivity contribution in [3.05, 3.63) is 0 Å². The van der Waals surface area contributed by atoms with Crippen molar-refractivity contribution in [2.24, 2.45) is 0 Å². The van der Waals surface area contributed by atoms with E-state index >= 15 is 0 Å². The summed E-state index contributed by atoms with van der Waals surface area (Å²) in [4.78, 5) is 19.7. The Morgan fingerprint density at radius 1 is 1.00 bits per heavy atom. The van der Waals surface area contributed by atoms with Gasteiger partial charge in [0.25, 0.3) is 0 Å². The fraction of sp³-hybridized carbons (Fsp3) is 0.714. The zero-order valence-electron chi connectivity index (χ0n) is 8.00. The maximum atomic E-state index is 12.3. The molecule has 0 aromatic heterocycles. The number of hydrogen-bond donors (Lipinski definition) is 0. The van der Waals surface area contributed by atoms with Crippen LogP contribution in [0.5, 0.6) is 0 Å². The van der Waals surface area contributed by atoms with Crippen LogP contribution in [-0.2, 0) is 18.9 Å². The Morgan fingerprint density at radius 3 is 1.62 bits per heavy atom. The van der Waals surface area contributed by atoms with Crippen LogP contribution in [-0.4, -0.2) is 37.5 Å². The number of halogens is 3. The first-order valence-electron chi connectivity index (χ1n) is 4.03. The van der Waals surface area contributed by atoms with Gasteiger partial charge in [-0.15, -0.1) is 0 Å². The number of carbonyl (C=O) groups excluding carboxylic acids is 2. The van der Waals surface area contributed by atoms with Crippen molar-refractivity contribution in [1.82, 2.24) is 0 Å². The first-order chi connectivity index (χ1) is 7.24. The second-order valence-electron chi connectivity index (χ2n) is 2.83. The molecule has 0 saturated carbocycles. The average Bonchev–Trinajstić information content (AvgIpc) is 2.59. The summed E-state index contributed by atoms with van der Waals surface area (Å²) in [7, 11) is 0. The number of ether oxygens (including phenoxy) is 4. The molecule has 0 aromatic carbocycles. The average molecular weight is 244 g/mol. The van der Waals surface area contributed by atoms with Crippen molar-refractivity contribution in [1.29, 1.82) is 0 Å². The lowest BCUT2D eigenvalue weighted by atomic mass is 10.3. The summed E-state index contributed by atoms with van der Waals surface area (Å²) < 4.78 is 51.6. The van der Waals surface area contributed by atoms with E-state index < -0.39 is 24.3 Å². The predicted molar refractivity (Wildman–Crippen MR) is 39.3 cm³/mol. The monoisotopic (exact) mass is 244 g/mol. The second-order valence-corrected chi connectivity index (χ2v) is 2.83. The maximum Gasteiger partial charge on any atom is 0.516 e. The highest BCUT2D eigenvalue weighted by Gasteiger charge is 2.65. The van der Waals surface area contributed by atoms with Gasteiger partial charge in [-0.2, -0.15) is 13.2 Å². The molecule has 0 aliphatic carbocycles. The van der Waals surface area contributed by atoms with Gasteiger partial charge in [-0.3, -0.25) is 0 Å². The number of hydrogen-bond acceptors (Lipinski definition) is 6. The van der Waals surface area contributed by atoms with Crippen LogP contribution in [0.3, 0.4) is 0 Å². The van der Waals surface area contributed by atoms with Gasteiger partial charge < -0.3 is 18.9 Å². The third-order valence-electron chi connectivity index (χ3n) is 1.53. The molecule has 16 heavy (non-hydrogen) atoms. The molecule has 6 nitrogen and oxygen atoms in total. The van der Waals surface area contributed by atoms with Gasteiger partial charge in [0.05, 0.1) is 0 Å². The Labute approximate surface area is 87.2 Å². The third-order valence-corrected chi connectivity index (χ3v) is 1.53. The molecule has 1 unspecified atom stereocenters. The predicted octanol–water partition coefficient (Wildman–Crippen LogP) is 1.58. The van der Waals surface area contributed by atoms with Crippen LogP contribution in [0.15, 0.2) is 0 Å². The Kier molecular flexibility index (Phi) is 3.15. The summed E-state index contributed by atoms with van der Waals surface area (Å²) in [5.74, 6) is -3.34. The van der Waals surface area contributed by atoms with E-state index in [2.05, 4.69) is 18.9 Å². The van der Waals surface area contributed by atoms with E-state index in [0.29, 0.717) is 20.1 Å². The zero-order valence-corrected chi connectivity index (χ0v) is 8.00. The van der Waals surface area contributed by atoms with Crippen molar-refractivity contribution in [2.75, 3.05) is 13.2 Å². The van der Waals surface area contributed by atoms with Crippen molar-refractivity contribution in [3.8, 4) is 0 Å². The normalized spacial score (nSPS) is 30.5. The fourth-order valence-corrected chi connectivity index (χ4v) is 0.724. The summed E-state index contributed by atoms with van der Waals surface area (Å²) >= 11 is 0. The molecule has 1 atom stereocenters. The molecule has 2 rings (SSSR count). The highest BCUT2D eigenvalue weighted by molar-refractivity contribution is 5.63. The van der Waals surface area contributed by atoms with E-state index in [9.17, 15) is 22.8 Å². The zero-order chi connectivity index (χ0) is 12.4. The smallest absolute Gasteiger partial charge is 0.431 e. The van der Waals surface area contributed by atoms with Crippen molar-refractivity contribution >= 4 is 12.3 Å². The minimum atomic E-state index is -4.18. The summed E-state index contributed by atoms with van der Waals surface area (Å²) in [6.07, 6.45) is -6.42. The van der Waals surface area contributed by atoms with Gasteiger partial charge in [0, 0.05) is 6.92 Å². The molecule has 2 fully saturated rings. The summed E-state index contributed by atoms with van der Waals surface area (Å²) in [6.45, 7) is 1.25. The van der Waals surface area contributed by atoms with Crippen LogP contribution in [0.4, 0.5) is 22.8 Å². The van der Waals surface area contributed by atoms with Gasteiger partial charge in [0.15, 0.2) is 0 Å². The number of cyclic esters (lactones) is 4. The molecular weight excluding hydrogens is 237 g/mol. The Hall–Kier alpha value is -1.67. The van der Waals surface area contributed by atoms with Crippen molar-refractivity contribution in [3.63, 3.8) is 0 Å². The molecule has 92 valence electrons. The van der Waals surface area contributed by atoms with Gasteiger partial charge in [0.1, 0.15) is 13.2 Å². The molecule has 9 heteroatoms. The minimum Gasteiger partial charge on any atom is -0.431 e. The highest BCUT2D eigenvalue weighted by Crippen LogP contribution is 2.40. The van der Waals surface area contributed by atoms with Crippen LogP contribution in [0.1, 0.15) is 6.92 Å². The van der Waals surface area contributed by atoms with Crippen LogP contribution in [0.2, 0.25) is 0 Å². The number of alkyl halides is 3. The van der Waals surface area contributed by atoms with Crippen LogP contribution in [0.25, 0.3) is 0 Å². The van der Waals surface area contributed by atoms with E-state index in [1.165, 1.54) is 0 Å². The molecule has 2 aliphatic heterocycles. The molecule has 0 radical (unpaired) electrons. The fourth-order valence-electron chi connectivity index (χ4n) is 0.724. The van der Waals surface area contributed by atoms with Crippen LogP contribution in [0, 0.1) is 0 Å². The van der Waals surface area contributed by atoms with E-state index in [4.69, 9.17) is 0 Å². The molecule has 0 aromatic rings. The topological polar surface area (TPSA) is 71.1 Å². The lowest BCUT2D eigenvalue weighted by Gasteiger charge is -2.14. The summed E-state index contributed by atoms with van der Waals surface area (Å²) in [6, 6.07) is 0. The highest BCUT2D eigenvalue weighted by atomic mass is 19.3. The van der Waals surface area contributed by atoms with Crippen LogP contribution < -0.4 is 0 Å². The Balaban J connectivity index is 0.000000181. The SMILES string of the molecule is CC1(F)OC(=O)OC1(F)F.O=C1OCCO1. The molecule has 2 heterocycles. The molecule has 2 aliphatic rings. The standard InChI is InChI=1S/C4H3F3O3.C3H4O3/c1-3(5)4(6,7)10-2(8)9-3;4-3-5-1-2-6-3/h1H3;1-2H2. The second kappa shape index (κ2) is 4.06. The molecule has 0 bridgehead atoms. The quantitative estimate of drug-likeness (QED) is 0.602. The Morgan fingerprint density at radius 2 is 1.50 bits per heavy atom. The first-order valence-corrected chi connectivity index (χ1v) is 4.03. The van der Waals surface area contributed by atoms with E-state index in [1.54, 1.807) is 0 Å². The largest absolute Gasteiger partial charge is 0.516 e. The van der Waals surface area contributed by atoms with Crippen LogP contribution >= 0.6 is 0 Å². The summed E-state index contributed by atoms with van der Waals surface area (Å²) in [5, 5.41) is 0.